The molecule has 94 valence electrons. The van der Waals surface area contributed by atoms with Gasteiger partial charge >= 0.3 is 0 Å². The second-order valence-electron chi connectivity index (χ2n) is 3.97. The van der Waals surface area contributed by atoms with E-state index in [1.807, 2.05) is 6.07 Å². The van der Waals surface area contributed by atoms with Gasteiger partial charge in [-0.3, -0.25) is 0 Å². The first kappa shape index (κ1) is 16.3. The molecule has 0 aromatic heterocycles. The minimum Gasteiger partial charge on any atom is -0.0844 e. The molecule has 0 heterocycles. The molecule has 17 heavy (non-hydrogen) atoms. The summed E-state index contributed by atoms with van der Waals surface area (Å²) >= 11 is 0. The maximum atomic E-state index is 2.32. The third-order valence-electron chi connectivity index (χ3n) is 2.79. The smallest absolute Gasteiger partial charge is 0 e. The molecule has 0 fully saturated rings. The van der Waals surface area contributed by atoms with Crippen molar-refractivity contribution in [2.45, 2.75) is 39.5 Å². The fourth-order valence-corrected chi connectivity index (χ4v) is 1.65. The molecule has 1 aromatic carbocycles. The Labute approximate surface area is 119 Å². The molecule has 1 aromatic rings. The van der Waals surface area contributed by atoms with Gasteiger partial charge in [-0.25, -0.2) is 0 Å². The summed E-state index contributed by atoms with van der Waals surface area (Å²) in [6, 6.07) is 10.5. The first-order valence-corrected chi connectivity index (χ1v) is 6.23. The van der Waals surface area contributed by atoms with Crippen molar-refractivity contribution in [3.63, 3.8) is 0 Å². The molecule has 2 rings (SSSR count). The zero-order chi connectivity index (χ0) is 11.6. The average Bonchev–Trinajstić information content (AvgIpc) is 2.41. The normalized spacial score (nSPS) is 12.9. The molecule has 0 unspecified atom stereocenters. The van der Waals surface area contributed by atoms with Crippen molar-refractivity contribution < 1.29 is 19.5 Å². The Morgan fingerprint density at radius 2 is 1.65 bits per heavy atom. The van der Waals surface area contributed by atoms with E-state index in [-0.39, 0.29) is 19.5 Å². The van der Waals surface area contributed by atoms with Crippen molar-refractivity contribution in [3.8, 4) is 0 Å². The van der Waals surface area contributed by atoms with Gasteiger partial charge in [-0.05, 0) is 31.2 Å². The Bertz CT molecular complexity index is 336. The van der Waals surface area contributed by atoms with Crippen molar-refractivity contribution >= 4 is 0 Å². The van der Waals surface area contributed by atoms with Gasteiger partial charge in [0.15, 0.2) is 0 Å². The largest absolute Gasteiger partial charge is 0.0844 e. The molecule has 1 aliphatic rings. The van der Waals surface area contributed by atoms with Crippen molar-refractivity contribution in [2.75, 3.05) is 0 Å². The maximum Gasteiger partial charge on any atom is 0 e. The molecule has 0 amide bonds. The predicted octanol–water partition coefficient (Wildman–Crippen LogP) is 4.92. The summed E-state index contributed by atoms with van der Waals surface area (Å²) < 4.78 is 0. The molecule has 1 aliphatic carbocycles. The van der Waals surface area contributed by atoms with Gasteiger partial charge in [-0.1, -0.05) is 68.0 Å². The van der Waals surface area contributed by atoms with Gasteiger partial charge in [0.25, 0.3) is 0 Å². The first-order valence-electron chi connectivity index (χ1n) is 6.23. The van der Waals surface area contributed by atoms with E-state index in [1.165, 1.54) is 18.4 Å². The average molecular weight is 315 g/mol. The Kier molecular flexibility index (Phi) is 10.1. The van der Waals surface area contributed by atoms with Crippen LogP contribution < -0.4 is 0 Å². The summed E-state index contributed by atoms with van der Waals surface area (Å²) in [7, 11) is 0. The van der Waals surface area contributed by atoms with Crippen molar-refractivity contribution in [1.82, 2.24) is 0 Å². The van der Waals surface area contributed by atoms with Gasteiger partial charge in [0, 0.05) is 19.5 Å². The standard InChI is InChI=1S/C8H12.C8H10.Ru/c2*1-2-8-6-4-3-5-7-8;/h3-4,7H,2,5-6H2,1H3;3-7H,2H2,1H3;. The van der Waals surface area contributed by atoms with E-state index in [4.69, 9.17) is 0 Å². The van der Waals surface area contributed by atoms with Crippen molar-refractivity contribution in [2.24, 2.45) is 0 Å². The zero-order valence-corrected chi connectivity index (χ0v) is 12.5. The molecule has 0 saturated carbocycles. The molecule has 0 aliphatic heterocycles. The van der Waals surface area contributed by atoms with Gasteiger partial charge in [0.1, 0.15) is 0 Å². The number of benzene rings is 1. The second kappa shape index (κ2) is 10.5. The van der Waals surface area contributed by atoms with Crippen LogP contribution in [0.1, 0.15) is 38.7 Å². The number of hydrogen-bond donors (Lipinski definition) is 0. The molecular weight excluding hydrogens is 293 g/mol. The van der Waals surface area contributed by atoms with Crippen LogP contribution in [0.2, 0.25) is 0 Å². The van der Waals surface area contributed by atoms with E-state index >= 15 is 0 Å². The minimum absolute atomic E-state index is 0. The van der Waals surface area contributed by atoms with Gasteiger partial charge in [-0.15, -0.1) is 0 Å². The van der Waals surface area contributed by atoms with Crippen LogP contribution in [0.5, 0.6) is 0 Å². The Morgan fingerprint density at radius 1 is 0.941 bits per heavy atom. The van der Waals surface area contributed by atoms with E-state index in [0.717, 1.165) is 12.8 Å². The van der Waals surface area contributed by atoms with Crippen molar-refractivity contribution in [1.29, 1.82) is 0 Å². The van der Waals surface area contributed by atoms with Gasteiger partial charge < -0.3 is 0 Å². The third kappa shape index (κ3) is 7.28. The van der Waals surface area contributed by atoms with Gasteiger partial charge in [0.2, 0.25) is 0 Å². The molecule has 0 N–H and O–H groups in total. The van der Waals surface area contributed by atoms with Crippen LogP contribution >= 0.6 is 0 Å². The Balaban J connectivity index is 0.000000284. The quantitative estimate of drug-likeness (QED) is 0.537. The zero-order valence-electron chi connectivity index (χ0n) is 10.8. The second-order valence-corrected chi connectivity index (χ2v) is 3.97. The monoisotopic (exact) mass is 316 g/mol. The summed E-state index contributed by atoms with van der Waals surface area (Å²) in [5, 5.41) is 0. The number of rotatable bonds is 2. The molecule has 0 bridgehead atoms. The topological polar surface area (TPSA) is 0 Å². The van der Waals surface area contributed by atoms with E-state index < -0.39 is 0 Å². The molecule has 0 nitrogen and oxygen atoms in total. The summed E-state index contributed by atoms with van der Waals surface area (Å²) in [5.41, 5.74) is 3.00. The Morgan fingerprint density at radius 3 is 2.00 bits per heavy atom. The maximum absolute atomic E-state index is 2.32. The predicted molar refractivity (Wildman–Crippen MR) is 72.6 cm³/mol. The van der Waals surface area contributed by atoms with Crippen LogP contribution in [0.25, 0.3) is 0 Å². The Hall–Kier alpha value is -0.677. The summed E-state index contributed by atoms with van der Waals surface area (Å²) in [6.45, 7) is 4.38. The minimum atomic E-state index is 0. The fourth-order valence-electron chi connectivity index (χ4n) is 1.65. The van der Waals surface area contributed by atoms with Gasteiger partial charge in [-0.2, -0.15) is 0 Å². The molecular formula is C16H22Ru. The molecule has 0 saturated heterocycles. The van der Waals surface area contributed by atoms with Crippen LogP contribution in [-0.4, -0.2) is 0 Å². The molecule has 0 radical (unpaired) electrons. The molecule has 0 atom stereocenters. The van der Waals surface area contributed by atoms with E-state index in [2.05, 4.69) is 56.3 Å². The number of allylic oxidation sites excluding steroid dienone is 4. The summed E-state index contributed by atoms with van der Waals surface area (Å²) in [4.78, 5) is 0. The van der Waals surface area contributed by atoms with Crippen LogP contribution in [0.4, 0.5) is 0 Å². The van der Waals surface area contributed by atoms with E-state index in [0.29, 0.717) is 0 Å². The third-order valence-corrected chi connectivity index (χ3v) is 2.79. The van der Waals surface area contributed by atoms with E-state index in [1.54, 1.807) is 5.57 Å². The fraction of sp³-hybridized carbons (Fsp3) is 0.375. The van der Waals surface area contributed by atoms with E-state index in [9.17, 15) is 0 Å². The van der Waals surface area contributed by atoms with Crippen LogP contribution in [0, 0.1) is 0 Å². The van der Waals surface area contributed by atoms with Crippen LogP contribution in [0.3, 0.4) is 0 Å². The summed E-state index contributed by atoms with van der Waals surface area (Å²) in [5.74, 6) is 0. The molecule has 1 heteroatoms. The summed E-state index contributed by atoms with van der Waals surface area (Å²) in [6.07, 6.45) is 11.5. The van der Waals surface area contributed by atoms with Gasteiger partial charge in [0.05, 0.1) is 0 Å². The number of aryl methyl sites for hydroxylation is 1. The first-order chi connectivity index (χ1) is 7.86. The van der Waals surface area contributed by atoms with Crippen LogP contribution in [-0.2, 0) is 25.9 Å². The molecule has 0 spiro atoms. The van der Waals surface area contributed by atoms with Crippen LogP contribution in [0.15, 0.2) is 54.1 Å². The number of hydrogen-bond acceptors (Lipinski definition) is 0. The van der Waals surface area contributed by atoms with Crippen molar-refractivity contribution in [3.05, 3.63) is 59.7 Å². The SMILES string of the molecule is CCC1=CCC=CC1.CCc1ccccc1.[Ru].